The first-order valence-corrected chi connectivity index (χ1v) is 7.63. The van der Waals surface area contributed by atoms with Crippen molar-refractivity contribution in [3.63, 3.8) is 0 Å². The third kappa shape index (κ3) is 4.32. The molecule has 0 bridgehead atoms. The van der Waals surface area contributed by atoms with Crippen LogP contribution in [0.4, 0.5) is 0 Å². The lowest BCUT2D eigenvalue weighted by atomic mass is 10.0. The molecule has 2 nitrogen and oxygen atoms in total. The summed E-state index contributed by atoms with van der Waals surface area (Å²) in [5, 5.41) is 0. The quantitative estimate of drug-likeness (QED) is 0.832. The van der Waals surface area contributed by atoms with Gasteiger partial charge in [-0.25, -0.2) is 0 Å². The molecule has 1 aromatic rings. The van der Waals surface area contributed by atoms with E-state index in [1.165, 1.54) is 30.4 Å². The van der Waals surface area contributed by atoms with Gasteiger partial charge in [0.15, 0.2) is 0 Å². The maximum Gasteiger partial charge on any atom is 0.0730 e. The van der Waals surface area contributed by atoms with Crippen LogP contribution in [-0.4, -0.2) is 12.1 Å². The first-order valence-electron chi connectivity index (χ1n) is 7.63. The van der Waals surface area contributed by atoms with Gasteiger partial charge in [-0.3, -0.25) is 0 Å². The zero-order chi connectivity index (χ0) is 13.7. The molecule has 1 aliphatic rings. The monoisotopic (exact) mass is 261 g/mol. The van der Waals surface area contributed by atoms with Crippen molar-refractivity contribution in [2.75, 3.05) is 0 Å². The minimum Gasteiger partial charge on any atom is -0.372 e. The van der Waals surface area contributed by atoms with E-state index < -0.39 is 0 Å². The average Bonchev–Trinajstić information content (AvgIpc) is 2.61. The molecule has 0 saturated heterocycles. The number of rotatable bonds is 4. The van der Waals surface area contributed by atoms with Crippen molar-refractivity contribution in [3.05, 3.63) is 35.4 Å². The van der Waals surface area contributed by atoms with E-state index in [9.17, 15) is 0 Å². The number of hydrogen-bond acceptors (Lipinski definition) is 2. The minimum atomic E-state index is 0.220. The molecule has 1 saturated carbocycles. The second-order valence-electron chi connectivity index (χ2n) is 6.05. The topological polar surface area (TPSA) is 35.2 Å². The van der Waals surface area contributed by atoms with E-state index >= 15 is 0 Å². The standard InChI is InChI=1S/C17H27NO/c1-13(2)15-10-8-14(9-11-15)12-19-17-7-5-3-4-6-16(17)18/h8-11,13,16-17H,3-7,12,18H2,1-2H3. The summed E-state index contributed by atoms with van der Waals surface area (Å²) in [6, 6.07) is 8.99. The molecule has 2 N–H and O–H groups in total. The second kappa shape index (κ2) is 7.06. The van der Waals surface area contributed by atoms with Gasteiger partial charge >= 0.3 is 0 Å². The summed E-state index contributed by atoms with van der Waals surface area (Å²) in [6.07, 6.45) is 6.28. The molecule has 0 spiro atoms. The molecule has 106 valence electrons. The van der Waals surface area contributed by atoms with Crippen LogP contribution in [0.25, 0.3) is 0 Å². The molecule has 2 atom stereocenters. The molecule has 2 heteroatoms. The molecular weight excluding hydrogens is 234 g/mol. The molecule has 0 radical (unpaired) electrons. The maximum absolute atomic E-state index is 6.18. The Labute approximate surface area is 117 Å². The Balaban J connectivity index is 1.87. The molecule has 2 unspecified atom stereocenters. The van der Waals surface area contributed by atoms with Crippen LogP contribution in [0.3, 0.4) is 0 Å². The predicted molar refractivity (Wildman–Crippen MR) is 80.2 cm³/mol. The molecule has 1 fully saturated rings. The summed E-state index contributed by atoms with van der Waals surface area (Å²) in [7, 11) is 0. The fourth-order valence-corrected chi connectivity index (χ4v) is 2.71. The first kappa shape index (κ1) is 14.5. The summed E-state index contributed by atoms with van der Waals surface area (Å²) < 4.78 is 6.04. The van der Waals surface area contributed by atoms with E-state index in [0.717, 1.165) is 12.8 Å². The van der Waals surface area contributed by atoms with E-state index in [2.05, 4.69) is 38.1 Å². The summed E-state index contributed by atoms with van der Waals surface area (Å²) >= 11 is 0. The molecule has 0 amide bonds. The molecule has 0 aliphatic heterocycles. The number of benzene rings is 1. The van der Waals surface area contributed by atoms with E-state index in [-0.39, 0.29) is 12.1 Å². The lowest BCUT2D eigenvalue weighted by Gasteiger charge is -2.22. The highest BCUT2D eigenvalue weighted by atomic mass is 16.5. The van der Waals surface area contributed by atoms with Crippen molar-refractivity contribution in [3.8, 4) is 0 Å². The Hall–Kier alpha value is -0.860. The molecule has 19 heavy (non-hydrogen) atoms. The summed E-state index contributed by atoms with van der Waals surface area (Å²) in [4.78, 5) is 0. The number of ether oxygens (including phenoxy) is 1. The predicted octanol–water partition coefficient (Wildman–Crippen LogP) is 3.99. The highest BCUT2D eigenvalue weighted by molar-refractivity contribution is 5.24. The van der Waals surface area contributed by atoms with Crippen LogP contribution in [-0.2, 0) is 11.3 Å². The zero-order valence-corrected chi connectivity index (χ0v) is 12.3. The molecule has 0 heterocycles. The van der Waals surface area contributed by atoms with Gasteiger partial charge in [-0.05, 0) is 29.9 Å². The zero-order valence-electron chi connectivity index (χ0n) is 12.3. The second-order valence-corrected chi connectivity index (χ2v) is 6.05. The normalized spacial score (nSPS) is 24.4. The fourth-order valence-electron chi connectivity index (χ4n) is 2.71. The molecule has 1 aliphatic carbocycles. The first-order chi connectivity index (χ1) is 9.16. The Bertz CT molecular complexity index is 371. The van der Waals surface area contributed by atoms with Gasteiger partial charge in [0.1, 0.15) is 0 Å². The Kier molecular flexibility index (Phi) is 5.41. The highest BCUT2D eigenvalue weighted by Crippen LogP contribution is 2.21. The van der Waals surface area contributed by atoms with Crippen molar-refractivity contribution in [2.45, 2.75) is 70.6 Å². The van der Waals surface area contributed by atoms with Crippen molar-refractivity contribution in [2.24, 2.45) is 5.73 Å². The number of hydrogen-bond donors (Lipinski definition) is 1. The smallest absolute Gasteiger partial charge is 0.0730 e. The summed E-state index contributed by atoms with van der Waals surface area (Å²) in [6.45, 7) is 5.13. The SMILES string of the molecule is CC(C)c1ccc(COC2CCCCCC2N)cc1. The van der Waals surface area contributed by atoms with E-state index in [1.54, 1.807) is 0 Å². The van der Waals surface area contributed by atoms with Crippen molar-refractivity contribution in [1.82, 2.24) is 0 Å². The largest absolute Gasteiger partial charge is 0.372 e. The van der Waals surface area contributed by atoms with E-state index in [1.807, 2.05) is 0 Å². The van der Waals surface area contributed by atoms with Crippen LogP contribution in [0.5, 0.6) is 0 Å². The maximum atomic E-state index is 6.18. The van der Waals surface area contributed by atoms with Crippen molar-refractivity contribution >= 4 is 0 Å². The van der Waals surface area contributed by atoms with Gasteiger partial charge in [0, 0.05) is 6.04 Å². The van der Waals surface area contributed by atoms with Gasteiger partial charge in [-0.2, -0.15) is 0 Å². The molecular formula is C17H27NO. The van der Waals surface area contributed by atoms with Gasteiger partial charge in [0.25, 0.3) is 0 Å². The van der Waals surface area contributed by atoms with Crippen molar-refractivity contribution < 1.29 is 4.74 Å². The number of nitrogens with two attached hydrogens (primary N) is 1. The van der Waals surface area contributed by atoms with E-state index in [4.69, 9.17) is 10.5 Å². The third-order valence-electron chi connectivity index (χ3n) is 4.11. The third-order valence-corrected chi connectivity index (χ3v) is 4.11. The fraction of sp³-hybridized carbons (Fsp3) is 0.647. The Morgan fingerprint density at radius 2 is 1.79 bits per heavy atom. The lowest BCUT2D eigenvalue weighted by Crippen LogP contribution is -2.35. The Morgan fingerprint density at radius 3 is 2.47 bits per heavy atom. The summed E-state index contributed by atoms with van der Waals surface area (Å²) in [5.41, 5.74) is 8.82. The van der Waals surface area contributed by atoms with Gasteiger partial charge in [-0.15, -0.1) is 0 Å². The molecule has 2 rings (SSSR count). The lowest BCUT2D eigenvalue weighted by molar-refractivity contribution is 0.0194. The minimum absolute atomic E-state index is 0.220. The van der Waals surface area contributed by atoms with Gasteiger partial charge < -0.3 is 10.5 Å². The van der Waals surface area contributed by atoms with Crippen molar-refractivity contribution in [1.29, 1.82) is 0 Å². The van der Waals surface area contributed by atoms with Crippen LogP contribution < -0.4 is 5.73 Å². The van der Waals surface area contributed by atoms with Crippen LogP contribution in [0.15, 0.2) is 24.3 Å². The van der Waals surface area contributed by atoms with Gasteiger partial charge in [-0.1, -0.05) is 57.4 Å². The van der Waals surface area contributed by atoms with Crippen LogP contribution in [0, 0.1) is 0 Å². The van der Waals surface area contributed by atoms with Crippen LogP contribution in [0.1, 0.15) is 63.0 Å². The van der Waals surface area contributed by atoms with Gasteiger partial charge in [0.05, 0.1) is 12.7 Å². The molecule has 1 aromatic carbocycles. The van der Waals surface area contributed by atoms with Crippen LogP contribution >= 0.6 is 0 Å². The highest BCUT2D eigenvalue weighted by Gasteiger charge is 2.20. The van der Waals surface area contributed by atoms with E-state index in [0.29, 0.717) is 12.5 Å². The van der Waals surface area contributed by atoms with Crippen LogP contribution in [0.2, 0.25) is 0 Å². The summed E-state index contributed by atoms with van der Waals surface area (Å²) in [5.74, 6) is 0.588. The Morgan fingerprint density at radius 1 is 1.11 bits per heavy atom. The van der Waals surface area contributed by atoms with Gasteiger partial charge in [0.2, 0.25) is 0 Å². The average molecular weight is 261 g/mol. The molecule has 0 aromatic heterocycles.